The lowest BCUT2D eigenvalue weighted by Crippen LogP contribution is -2.37. The first-order valence-electron chi connectivity index (χ1n) is 7.79. The average Bonchev–Trinajstić information content (AvgIpc) is 2.91. The Morgan fingerprint density at radius 1 is 1.29 bits per heavy atom. The minimum Gasteiger partial charge on any atom is -0.340 e. The van der Waals surface area contributed by atoms with Crippen LogP contribution in [0.4, 0.5) is 17.5 Å². The molecule has 2 heterocycles. The lowest BCUT2D eigenvalue weighted by molar-refractivity contribution is 0.599. The Kier molecular flexibility index (Phi) is 4.91. The average molecular weight is 367 g/mol. The molecule has 1 N–H and O–H groups in total. The van der Waals surface area contributed by atoms with Gasteiger partial charge in [-0.3, -0.25) is 0 Å². The van der Waals surface area contributed by atoms with Gasteiger partial charge in [0, 0.05) is 29.5 Å². The van der Waals surface area contributed by atoms with Crippen LogP contribution in [0.25, 0.3) is 0 Å². The quantitative estimate of drug-likeness (QED) is 0.876. The molecule has 1 saturated heterocycles. The van der Waals surface area contributed by atoms with E-state index in [0.717, 1.165) is 5.69 Å². The number of sulfone groups is 1. The molecule has 0 aliphatic carbocycles. The van der Waals surface area contributed by atoms with E-state index in [1.807, 2.05) is 24.0 Å². The van der Waals surface area contributed by atoms with Crippen LogP contribution in [0, 0.1) is 0 Å². The van der Waals surface area contributed by atoms with Crippen LogP contribution in [-0.2, 0) is 9.84 Å². The van der Waals surface area contributed by atoms with Crippen molar-refractivity contribution < 1.29 is 8.42 Å². The van der Waals surface area contributed by atoms with Gasteiger partial charge in [0.15, 0.2) is 9.84 Å². The third-order valence-electron chi connectivity index (χ3n) is 4.01. The zero-order valence-electron chi connectivity index (χ0n) is 13.3. The second kappa shape index (κ2) is 6.94. The summed E-state index contributed by atoms with van der Waals surface area (Å²) < 4.78 is 23.5. The maximum Gasteiger partial charge on any atom is 0.227 e. The standard InChI is InChI=1S/C16H19ClN4O2S/c1-2-21(14-8-10-24(22,23)11-14)16-18-9-7-15(20-16)19-13-5-3-12(17)4-6-13/h3-7,9,14H,2,8,10-11H2,1H3,(H,18,19,20). The zero-order chi connectivity index (χ0) is 17.2. The number of anilines is 3. The summed E-state index contributed by atoms with van der Waals surface area (Å²) in [4.78, 5) is 10.8. The summed E-state index contributed by atoms with van der Waals surface area (Å²) in [7, 11) is -2.95. The first-order valence-corrected chi connectivity index (χ1v) is 9.99. The van der Waals surface area contributed by atoms with Crippen molar-refractivity contribution in [3.05, 3.63) is 41.6 Å². The first kappa shape index (κ1) is 17.0. The smallest absolute Gasteiger partial charge is 0.227 e. The molecule has 24 heavy (non-hydrogen) atoms. The number of nitrogens with zero attached hydrogens (tertiary/aromatic N) is 3. The molecule has 1 atom stereocenters. The van der Waals surface area contributed by atoms with Crippen LogP contribution < -0.4 is 10.2 Å². The van der Waals surface area contributed by atoms with Gasteiger partial charge >= 0.3 is 0 Å². The zero-order valence-corrected chi connectivity index (χ0v) is 14.9. The summed E-state index contributed by atoms with van der Waals surface area (Å²) in [6.07, 6.45) is 2.29. The molecule has 0 saturated carbocycles. The van der Waals surface area contributed by atoms with Crippen LogP contribution in [0.2, 0.25) is 5.02 Å². The van der Waals surface area contributed by atoms with Gasteiger partial charge in [0.05, 0.1) is 11.5 Å². The molecule has 6 nitrogen and oxygen atoms in total. The topological polar surface area (TPSA) is 75.2 Å². The normalized spacial score (nSPS) is 19.2. The number of rotatable bonds is 5. The fourth-order valence-corrected chi connectivity index (χ4v) is 4.68. The fourth-order valence-electron chi connectivity index (χ4n) is 2.82. The van der Waals surface area contributed by atoms with Crippen molar-refractivity contribution in [2.45, 2.75) is 19.4 Å². The lowest BCUT2D eigenvalue weighted by atomic mass is 10.2. The molecule has 3 rings (SSSR count). The Labute approximate surface area is 146 Å². The van der Waals surface area contributed by atoms with E-state index in [1.165, 1.54) is 0 Å². The fraction of sp³-hybridized carbons (Fsp3) is 0.375. The first-order chi connectivity index (χ1) is 11.5. The number of aromatic nitrogens is 2. The van der Waals surface area contributed by atoms with E-state index in [2.05, 4.69) is 15.3 Å². The van der Waals surface area contributed by atoms with Crippen molar-refractivity contribution in [2.75, 3.05) is 28.3 Å². The third-order valence-corrected chi connectivity index (χ3v) is 6.01. The lowest BCUT2D eigenvalue weighted by Gasteiger charge is -2.26. The largest absolute Gasteiger partial charge is 0.340 e. The SMILES string of the molecule is CCN(c1nccc(Nc2ccc(Cl)cc2)n1)C1CCS(=O)(=O)C1. The highest BCUT2D eigenvalue weighted by Crippen LogP contribution is 2.23. The Hall–Kier alpha value is -1.86. The van der Waals surface area contributed by atoms with Gasteiger partial charge in [-0.2, -0.15) is 4.98 Å². The monoisotopic (exact) mass is 366 g/mol. The van der Waals surface area contributed by atoms with Crippen LogP contribution in [0.3, 0.4) is 0 Å². The van der Waals surface area contributed by atoms with Gasteiger partial charge in [-0.1, -0.05) is 11.6 Å². The molecule has 1 aromatic carbocycles. The summed E-state index contributed by atoms with van der Waals surface area (Å²) >= 11 is 5.89. The molecule has 0 amide bonds. The molecule has 0 radical (unpaired) electrons. The van der Waals surface area contributed by atoms with Gasteiger partial charge in [0.1, 0.15) is 5.82 Å². The maximum absolute atomic E-state index is 11.7. The maximum atomic E-state index is 11.7. The molecule has 1 aliphatic heterocycles. The highest BCUT2D eigenvalue weighted by molar-refractivity contribution is 7.91. The van der Waals surface area contributed by atoms with Gasteiger partial charge < -0.3 is 10.2 Å². The molecule has 1 unspecified atom stereocenters. The number of benzene rings is 1. The van der Waals surface area contributed by atoms with Gasteiger partial charge in [0.2, 0.25) is 5.95 Å². The molecule has 0 spiro atoms. The van der Waals surface area contributed by atoms with Gasteiger partial charge in [0.25, 0.3) is 0 Å². The number of hydrogen-bond acceptors (Lipinski definition) is 6. The Morgan fingerprint density at radius 2 is 2.04 bits per heavy atom. The van der Waals surface area contributed by atoms with Crippen molar-refractivity contribution in [2.24, 2.45) is 0 Å². The van der Waals surface area contributed by atoms with Crippen molar-refractivity contribution >= 4 is 38.9 Å². The van der Waals surface area contributed by atoms with Gasteiger partial charge in [-0.15, -0.1) is 0 Å². The Bertz CT molecular complexity index is 811. The summed E-state index contributed by atoms with van der Waals surface area (Å²) in [6, 6.07) is 9.04. The molecular weight excluding hydrogens is 348 g/mol. The molecule has 8 heteroatoms. The summed E-state index contributed by atoms with van der Waals surface area (Å²) in [6.45, 7) is 2.64. The van der Waals surface area contributed by atoms with E-state index in [-0.39, 0.29) is 17.5 Å². The molecular formula is C16H19ClN4O2S. The summed E-state index contributed by atoms with van der Waals surface area (Å²) in [5.74, 6) is 1.59. The van der Waals surface area contributed by atoms with Crippen LogP contribution in [-0.4, -0.2) is 42.5 Å². The van der Waals surface area contributed by atoms with Crippen molar-refractivity contribution in [1.82, 2.24) is 9.97 Å². The number of hydrogen-bond donors (Lipinski definition) is 1. The number of halogens is 1. The number of nitrogens with one attached hydrogen (secondary N) is 1. The van der Waals surface area contributed by atoms with E-state index in [9.17, 15) is 8.42 Å². The minimum atomic E-state index is -2.95. The predicted molar refractivity (Wildman–Crippen MR) is 96.8 cm³/mol. The second-order valence-corrected chi connectivity index (χ2v) is 8.38. The van der Waals surface area contributed by atoms with Crippen LogP contribution in [0.1, 0.15) is 13.3 Å². The summed E-state index contributed by atoms with van der Waals surface area (Å²) in [5, 5.41) is 3.87. The summed E-state index contributed by atoms with van der Waals surface area (Å²) in [5.41, 5.74) is 0.871. The highest BCUT2D eigenvalue weighted by Gasteiger charge is 2.32. The van der Waals surface area contributed by atoms with Crippen LogP contribution in [0.15, 0.2) is 36.5 Å². The molecule has 1 fully saturated rings. The van der Waals surface area contributed by atoms with Gasteiger partial charge in [-0.25, -0.2) is 13.4 Å². The van der Waals surface area contributed by atoms with E-state index >= 15 is 0 Å². The molecule has 2 aromatic rings. The van der Waals surface area contributed by atoms with Gasteiger partial charge in [-0.05, 0) is 43.7 Å². The van der Waals surface area contributed by atoms with Crippen LogP contribution in [0.5, 0.6) is 0 Å². The van der Waals surface area contributed by atoms with E-state index < -0.39 is 9.84 Å². The molecule has 128 valence electrons. The van der Waals surface area contributed by atoms with Crippen LogP contribution >= 0.6 is 11.6 Å². The van der Waals surface area contributed by atoms with E-state index in [4.69, 9.17) is 11.6 Å². The minimum absolute atomic E-state index is 0.0641. The van der Waals surface area contributed by atoms with E-state index in [1.54, 1.807) is 24.4 Å². The molecule has 1 aromatic heterocycles. The van der Waals surface area contributed by atoms with Crippen molar-refractivity contribution in [3.8, 4) is 0 Å². The Morgan fingerprint density at radius 3 is 2.67 bits per heavy atom. The molecule has 1 aliphatic rings. The third kappa shape index (κ3) is 3.96. The Balaban J connectivity index is 1.79. The van der Waals surface area contributed by atoms with Crippen molar-refractivity contribution in [3.63, 3.8) is 0 Å². The second-order valence-electron chi connectivity index (χ2n) is 5.72. The highest BCUT2D eigenvalue weighted by atomic mass is 35.5. The molecule has 0 bridgehead atoms. The predicted octanol–water partition coefficient (Wildman–Crippen LogP) is 2.89. The van der Waals surface area contributed by atoms with Crippen molar-refractivity contribution in [1.29, 1.82) is 0 Å². The van der Waals surface area contributed by atoms with E-state index in [0.29, 0.717) is 29.8 Å².